The standard InChI is InChI=1S/C24H35N3O4S/c1-2-7-32-22-18(3-4-19(25-22)27-6-5-15(13-27)23(29)30)21(28)26-20-16-8-14-9-17(20)12-24(31,10-14)11-16/h3-4,14-17,19-20,25,31H,2,5-13H2,1H3,(H,26,28)(H,29,30). The van der Waals surface area contributed by atoms with Crippen LogP contribution in [0, 0.1) is 23.7 Å². The summed E-state index contributed by atoms with van der Waals surface area (Å²) in [5.74, 6) is 1.22. The van der Waals surface area contributed by atoms with Gasteiger partial charge in [-0.3, -0.25) is 14.5 Å². The highest BCUT2D eigenvalue weighted by atomic mass is 32.2. The predicted octanol–water partition coefficient (Wildman–Crippen LogP) is 2.29. The Balaban J connectivity index is 1.28. The van der Waals surface area contributed by atoms with Gasteiger partial charge in [-0.15, -0.1) is 11.8 Å². The molecule has 0 spiro atoms. The van der Waals surface area contributed by atoms with Gasteiger partial charge in [0.15, 0.2) is 0 Å². The molecule has 4 unspecified atom stereocenters. The van der Waals surface area contributed by atoms with Crippen LogP contribution in [0.15, 0.2) is 22.8 Å². The van der Waals surface area contributed by atoms with Gasteiger partial charge in [-0.1, -0.05) is 6.92 Å². The molecule has 4 saturated carbocycles. The van der Waals surface area contributed by atoms with Crippen LogP contribution in [0.5, 0.6) is 0 Å². The number of amides is 1. The number of aliphatic hydroxyl groups is 1. The lowest BCUT2D eigenvalue weighted by Crippen LogP contribution is -2.61. The third-order valence-corrected chi connectivity index (χ3v) is 9.40. The Bertz CT molecular complexity index is 827. The van der Waals surface area contributed by atoms with E-state index in [4.69, 9.17) is 0 Å². The van der Waals surface area contributed by atoms with Crippen LogP contribution in [0.1, 0.15) is 51.9 Å². The Morgan fingerprint density at radius 3 is 2.66 bits per heavy atom. The van der Waals surface area contributed by atoms with Crippen molar-refractivity contribution < 1.29 is 19.8 Å². The summed E-state index contributed by atoms with van der Waals surface area (Å²) in [5, 5.41) is 27.9. The number of hydrogen-bond donors (Lipinski definition) is 4. The maximum Gasteiger partial charge on any atom is 0.307 e. The molecule has 1 saturated heterocycles. The number of carbonyl (C=O) groups excluding carboxylic acids is 1. The van der Waals surface area contributed by atoms with Crippen LogP contribution >= 0.6 is 11.8 Å². The topological polar surface area (TPSA) is 102 Å². The first-order chi connectivity index (χ1) is 15.3. The molecular weight excluding hydrogens is 426 g/mol. The summed E-state index contributed by atoms with van der Waals surface area (Å²) < 4.78 is 0. The maximum atomic E-state index is 13.4. The van der Waals surface area contributed by atoms with Crippen LogP contribution in [0.4, 0.5) is 0 Å². The average Bonchev–Trinajstić information content (AvgIpc) is 3.24. The number of dihydropyridines is 1. The molecule has 7 nitrogen and oxygen atoms in total. The van der Waals surface area contributed by atoms with E-state index in [0.29, 0.717) is 36.3 Å². The summed E-state index contributed by atoms with van der Waals surface area (Å²) in [7, 11) is 0. The molecule has 1 amide bonds. The van der Waals surface area contributed by atoms with Gasteiger partial charge in [-0.2, -0.15) is 0 Å². The Morgan fingerprint density at radius 2 is 2.03 bits per heavy atom. The zero-order valence-corrected chi connectivity index (χ0v) is 19.6. The van der Waals surface area contributed by atoms with E-state index in [9.17, 15) is 19.8 Å². The van der Waals surface area contributed by atoms with E-state index in [0.717, 1.165) is 55.9 Å². The molecule has 4 atom stereocenters. The second kappa shape index (κ2) is 8.69. The zero-order chi connectivity index (χ0) is 22.5. The molecule has 0 aromatic carbocycles. The van der Waals surface area contributed by atoms with Crippen molar-refractivity contribution in [2.24, 2.45) is 23.7 Å². The molecule has 0 aromatic heterocycles. The Hall–Kier alpha value is -1.51. The third kappa shape index (κ3) is 4.21. The zero-order valence-electron chi connectivity index (χ0n) is 18.8. The minimum absolute atomic E-state index is 0.0277. The number of thioether (sulfide) groups is 1. The molecule has 4 aliphatic carbocycles. The number of likely N-dealkylation sites (tertiary alicyclic amines) is 1. The van der Waals surface area contributed by atoms with Gasteiger partial charge >= 0.3 is 5.97 Å². The van der Waals surface area contributed by atoms with Gasteiger partial charge in [0.2, 0.25) is 0 Å². The fourth-order valence-electron chi connectivity index (χ4n) is 6.93. The van der Waals surface area contributed by atoms with Gasteiger partial charge in [-0.25, -0.2) is 0 Å². The van der Waals surface area contributed by atoms with Crippen molar-refractivity contribution >= 4 is 23.6 Å². The molecule has 0 radical (unpaired) electrons. The van der Waals surface area contributed by atoms with Crippen molar-refractivity contribution in [3.8, 4) is 0 Å². The maximum absolute atomic E-state index is 13.4. The SMILES string of the molecule is CCCSC1=C(C(=O)NC2C3CC4CC2CC(O)(C4)C3)C=CC(N2CCC(C(=O)O)C2)N1. The second-order valence-corrected chi connectivity index (χ2v) is 11.7. The molecule has 5 fully saturated rings. The molecule has 4 N–H and O–H groups in total. The quantitative estimate of drug-likeness (QED) is 0.461. The molecule has 6 aliphatic rings. The van der Waals surface area contributed by atoms with Crippen LogP contribution in [0.25, 0.3) is 0 Å². The summed E-state index contributed by atoms with van der Waals surface area (Å²) in [6.45, 7) is 3.39. The summed E-state index contributed by atoms with van der Waals surface area (Å²) in [5.41, 5.74) is 0.184. The van der Waals surface area contributed by atoms with Crippen molar-refractivity contribution in [2.75, 3.05) is 18.8 Å². The summed E-state index contributed by atoms with van der Waals surface area (Å²) in [4.78, 5) is 26.9. The van der Waals surface area contributed by atoms with Gasteiger partial charge < -0.3 is 20.8 Å². The van der Waals surface area contributed by atoms with E-state index in [-0.39, 0.29) is 24.0 Å². The molecule has 4 bridgehead atoms. The van der Waals surface area contributed by atoms with Gasteiger partial charge in [0.05, 0.1) is 28.3 Å². The highest BCUT2D eigenvalue weighted by molar-refractivity contribution is 8.03. The highest BCUT2D eigenvalue weighted by Gasteiger charge is 2.55. The molecule has 2 aliphatic heterocycles. The fraction of sp³-hybridized carbons (Fsp3) is 0.750. The Morgan fingerprint density at radius 1 is 1.28 bits per heavy atom. The van der Waals surface area contributed by atoms with E-state index in [1.54, 1.807) is 11.8 Å². The van der Waals surface area contributed by atoms with Crippen LogP contribution in [-0.2, 0) is 9.59 Å². The fourth-order valence-corrected chi connectivity index (χ4v) is 7.85. The van der Waals surface area contributed by atoms with E-state index in [1.807, 2.05) is 12.2 Å². The second-order valence-electron chi connectivity index (χ2n) is 10.6. The molecule has 6 rings (SSSR count). The molecule has 8 heteroatoms. The summed E-state index contributed by atoms with van der Waals surface area (Å²) >= 11 is 1.67. The van der Waals surface area contributed by atoms with E-state index in [1.165, 1.54) is 0 Å². The number of nitrogens with one attached hydrogen (secondary N) is 2. The van der Waals surface area contributed by atoms with Crippen molar-refractivity contribution in [3.63, 3.8) is 0 Å². The molecular formula is C24H35N3O4S. The van der Waals surface area contributed by atoms with Crippen LogP contribution in [-0.4, -0.2) is 63.6 Å². The first kappa shape index (κ1) is 22.3. The van der Waals surface area contributed by atoms with E-state index in [2.05, 4.69) is 22.5 Å². The van der Waals surface area contributed by atoms with Crippen molar-refractivity contribution in [3.05, 3.63) is 22.8 Å². The summed E-state index contributed by atoms with van der Waals surface area (Å²) in [6.07, 6.45) is 10.3. The smallest absolute Gasteiger partial charge is 0.307 e. The number of carboxylic acids is 1. The van der Waals surface area contributed by atoms with Gasteiger partial charge in [0.1, 0.15) is 0 Å². The number of carbonyl (C=O) groups is 2. The lowest BCUT2D eigenvalue weighted by molar-refractivity contribution is -0.145. The van der Waals surface area contributed by atoms with E-state index >= 15 is 0 Å². The molecule has 2 heterocycles. The number of aliphatic carboxylic acids is 1. The average molecular weight is 462 g/mol. The van der Waals surface area contributed by atoms with Crippen molar-refractivity contribution in [1.82, 2.24) is 15.5 Å². The van der Waals surface area contributed by atoms with Crippen LogP contribution in [0.3, 0.4) is 0 Å². The van der Waals surface area contributed by atoms with Gasteiger partial charge in [-0.05, 0) is 80.6 Å². The Kier molecular flexibility index (Phi) is 6.05. The number of nitrogens with zero attached hydrogens (tertiary/aromatic N) is 1. The van der Waals surface area contributed by atoms with Gasteiger partial charge in [0, 0.05) is 19.1 Å². The van der Waals surface area contributed by atoms with Crippen LogP contribution < -0.4 is 10.6 Å². The van der Waals surface area contributed by atoms with Crippen LogP contribution in [0.2, 0.25) is 0 Å². The molecule has 176 valence electrons. The minimum Gasteiger partial charge on any atom is -0.481 e. The van der Waals surface area contributed by atoms with Gasteiger partial charge in [0.25, 0.3) is 5.91 Å². The highest BCUT2D eigenvalue weighted by Crippen LogP contribution is 2.55. The van der Waals surface area contributed by atoms with Crippen molar-refractivity contribution in [2.45, 2.75) is 69.7 Å². The Labute approximate surface area is 194 Å². The number of carboxylic acid groups (broad SMARTS) is 1. The molecule has 32 heavy (non-hydrogen) atoms. The normalized spacial score (nSPS) is 40.6. The largest absolute Gasteiger partial charge is 0.481 e. The molecule has 0 aromatic rings. The first-order valence-corrected chi connectivity index (χ1v) is 13.2. The number of rotatable bonds is 7. The predicted molar refractivity (Wildman–Crippen MR) is 124 cm³/mol. The van der Waals surface area contributed by atoms with E-state index < -0.39 is 11.6 Å². The first-order valence-electron chi connectivity index (χ1n) is 12.2. The lowest BCUT2D eigenvalue weighted by atomic mass is 9.52. The third-order valence-electron chi connectivity index (χ3n) is 8.16. The minimum atomic E-state index is -0.733. The summed E-state index contributed by atoms with van der Waals surface area (Å²) in [6, 6.07) is 0.158. The lowest BCUT2D eigenvalue weighted by Gasteiger charge is -2.58. The monoisotopic (exact) mass is 461 g/mol. The number of hydrogen-bond acceptors (Lipinski definition) is 6. The van der Waals surface area contributed by atoms with Crippen molar-refractivity contribution in [1.29, 1.82) is 0 Å².